The Morgan fingerprint density at radius 2 is 2.17 bits per heavy atom. The topological polar surface area (TPSA) is 58.8 Å². The molecule has 0 fully saturated rings. The molecule has 0 amide bonds. The number of halogens is 3. The zero-order valence-electron chi connectivity index (χ0n) is 13.1. The fraction of sp³-hybridized carbons (Fsp3) is 0.312. The van der Waals surface area contributed by atoms with Gasteiger partial charge in [0.25, 0.3) is 0 Å². The minimum atomic E-state index is -2.89. The van der Waals surface area contributed by atoms with Gasteiger partial charge in [0.2, 0.25) is 0 Å². The van der Waals surface area contributed by atoms with Crippen molar-refractivity contribution in [2.75, 3.05) is 13.6 Å². The Balaban J connectivity index is 1.89. The monoisotopic (exact) mass is 357 g/mol. The van der Waals surface area contributed by atoms with Crippen molar-refractivity contribution < 1.29 is 17.9 Å². The minimum absolute atomic E-state index is 0.0768. The Morgan fingerprint density at radius 1 is 1.33 bits per heavy atom. The second kappa shape index (κ2) is 9.12. The van der Waals surface area contributed by atoms with E-state index in [1.165, 1.54) is 12.1 Å². The Labute approximate surface area is 143 Å². The molecule has 0 bridgehead atoms. The highest BCUT2D eigenvalue weighted by Gasteiger charge is 2.11. The van der Waals surface area contributed by atoms with Gasteiger partial charge in [-0.2, -0.15) is 8.78 Å². The van der Waals surface area contributed by atoms with Crippen LogP contribution in [0.25, 0.3) is 0 Å². The molecule has 1 heterocycles. The van der Waals surface area contributed by atoms with Gasteiger partial charge in [-0.15, -0.1) is 0 Å². The molecule has 0 saturated carbocycles. The van der Waals surface area contributed by atoms with Gasteiger partial charge in [-0.05, 0) is 30.3 Å². The highest BCUT2D eigenvalue weighted by molar-refractivity contribution is 6.30. The number of nitrogens with one attached hydrogen (secondary N) is 2. The molecule has 2 N–H and O–H groups in total. The zero-order valence-corrected chi connectivity index (χ0v) is 13.8. The number of ether oxygens (including phenoxy) is 1. The molecule has 0 spiro atoms. The van der Waals surface area contributed by atoms with Gasteiger partial charge in [-0.1, -0.05) is 11.6 Å². The SMILES string of the molecule is CN=C(NCCc1ccco1)NCc1cc(Cl)ccc1OC(F)F. The normalized spacial score (nSPS) is 11.6. The summed E-state index contributed by atoms with van der Waals surface area (Å²) in [5, 5.41) is 6.58. The maximum Gasteiger partial charge on any atom is 0.387 e. The second-order valence-corrected chi connectivity index (χ2v) is 5.25. The lowest BCUT2D eigenvalue weighted by Crippen LogP contribution is -2.37. The highest BCUT2D eigenvalue weighted by atomic mass is 35.5. The average molecular weight is 358 g/mol. The Morgan fingerprint density at radius 3 is 2.83 bits per heavy atom. The molecule has 0 unspecified atom stereocenters. The van der Waals surface area contributed by atoms with E-state index in [9.17, 15) is 8.78 Å². The van der Waals surface area contributed by atoms with E-state index in [0.717, 1.165) is 5.76 Å². The summed E-state index contributed by atoms with van der Waals surface area (Å²) in [6.45, 7) is -2.04. The van der Waals surface area contributed by atoms with Crippen molar-refractivity contribution in [3.8, 4) is 5.75 Å². The Kier molecular flexibility index (Phi) is 6.87. The molecule has 5 nitrogen and oxygen atoms in total. The number of rotatable bonds is 7. The highest BCUT2D eigenvalue weighted by Crippen LogP contribution is 2.24. The summed E-state index contributed by atoms with van der Waals surface area (Å²) in [4.78, 5) is 4.08. The van der Waals surface area contributed by atoms with Crippen LogP contribution in [0.4, 0.5) is 8.78 Å². The molecule has 0 aliphatic carbocycles. The van der Waals surface area contributed by atoms with E-state index in [1.54, 1.807) is 19.4 Å². The van der Waals surface area contributed by atoms with Crippen molar-refractivity contribution in [3.63, 3.8) is 0 Å². The molecule has 8 heteroatoms. The fourth-order valence-electron chi connectivity index (χ4n) is 2.06. The van der Waals surface area contributed by atoms with Gasteiger partial charge in [0, 0.05) is 37.1 Å². The van der Waals surface area contributed by atoms with Crippen molar-refractivity contribution in [1.82, 2.24) is 10.6 Å². The molecule has 1 aromatic heterocycles. The first-order chi connectivity index (χ1) is 11.6. The summed E-state index contributed by atoms with van der Waals surface area (Å²) in [5.74, 6) is 1.47. The first kappa shape index (κ1) is 18.1. The first-order valence-corrected chi connectivity index (χ1v) is 7.66. The number of alkyl halides is 2. The van der Waals surface area contributed by atoms with Crippen LogP contribution in [-0.2, 0) is 13.0 Å². The number of benzene rings is 1. The lowest BCUT2D eigenvalue weighted by Gasteiger charge is -2.14. The summed E-state index contributed by atoms with van der Waals surface area (Å²) in [6.07, 6.45) is 2.32. The maximum absolute atomic E-state index is 12.4. The number of nitrogens with zero attached hydrogens (tertiary/aromatic N) is 1. The average Bonchev–Trinajstić information content (AvgIpc) is 3.06. The van der Waals surface area contributed by atoms with Crippen molar-refractivity contribution in [2.45, 2.75) is 19.6 Å². The van der Waals surface area contributed by atoms with Gasteiger partial charge in [0.1, 0.15) is 11.5 Å². The van der Waals surface area contributed by atoms with Crippen molar-refractivity contribution >= 4 is 17.6 Å². The second-order valence-electron chi connectivity index (χ2n) is 4.81. The number of hydrogen-bond acceptors (Lipinski definition) is 3. The zero-order chi connectivity index (χ0) is 17.4. The summed E-state index contributed by atoms with van der Waals surface area (Å²) in [5.41, 5.74) is 0.511. The van der Waals surface area contributed by atoms with Crippen LogP contribution < -0.4 is 15.4 Å². The van der Waals surface area contributed by atoms with E-state index in [0.29, 0.717) is 29.5 Å². The predicted molar refractivity (Wildman–Crippen MR) is 88.7 cm³/mol. The Bertz CT molecular complexity index is 663. The van der Waals surface area contributed by atoms with Gasteiger partial charge in [-0.25, -0.2) is 0 Å². The van der Waals surface area contributed by atoms with E-state index < -0.39 is 6.61 Å². The van der Waals surface area contributed by atoms with Crippen molar-refractivity contribution in [1.29, 1.82) is 0 Å². The molecule has 0 saturated heterocycles. The van der Waals surface area contributed by atoms with Crippen LogP contribution in [0.2, 0.25) is 5.02 Å². The molecule has 2 aromatic rings. The first-order valence-electron chi connectivity index (χ1n) is 7.28. The van der Waals surface area contributed by atoms with Crippen LogP contribution in [0.3, 0.4) is 0 Å². The van der Waals surface area contributed by atoms with Crippen LogP contribution in [-0.4, -0.2) is 26.2 Å². The van der Waals surface area contributed by atoms with E-state index in [1.807, 2.05) is 12.1 Å². The summed E-state index contributed by atoms with van der Waals surface area (Å²) < 4.78 is 34.6. The quantitative estimate of drug-likeness (QED) is 0.588. The maximum atomic E-state index is 12.4. The molecule has 24 heavy (non-hydrogen) atoms. The lowest BCUT2D eigenvalue weighted by atomic mass is 10.2. The standard InChI is InChI=1S/C16H18ClF2N3O2/c1-20-16(21-7-6-13-3-2-8-23-13)22-10-11-9-12(17)4-5-14(11)24-15(18)19/h2-5,8-9,15H,6-7,10H2,1H3,(H2,20,21,22). The fourth-order valence-corrected chi connectivity index (χ4v) is 2.25. The van der Waals surface area contributed by atoms with Crippen LogP contribution in [0.15, 0.2) is 46.0 Å². The van der Waals surface area contributed by atoms with Crippen LogP contribution in [0.1, 0.15) is 11.3 Å². The van der Waals surface area contributed by atoms with Gasteiger partial charge in [-0.3, -0.25) is 4.99 Å². The van der Waals surface area contributed by atoms with E-state index in [2.05, 4.69) is 20.4 Å². The van der Waals surface area contributed by atoms with Crippen molar-refractivity contribution in [3.05, 3.63) is 52.9 Å². The van der Waals surface area contributed by atoms with E-state index in [4.69, 9.17) is 16.0 Å². The molecule has 0 aliphatic rings. The summed E-state index contributed by atoms with van der Waals surface area (Å²) in [7, 11) is 1.62. The number of aliphatic imine (C=N–C) groups is 1. The Hall–Kier alpha value is -2.28. The van der Waals surface area contributed by atoms with Gasteiger partial charge < -0.3 is 19.8 Å². The number of guanidine groups is 1. The predicted octanol–water partition coefficient (Wildman–Crippen LogP) is 3.44. The van der Waals surface area contributed by atoms with Crippen LogP contribution in [0, 0.1) is 0 Å². The smallest absolute Gasteiger partial charge is 0.387 e. The van der Waals surface area contributed by atoms with Crippen LogP contribution in [0.5, 0.6) is 5.75 Å². The molecule has 1 aromatic carbocycles. The molecule has 0 atom stereocenters. The van der Waals surface area contributed by atoms with Gasteiger partial charge >= 0.3 is 6.61 Å². The third kappa shape index (κ3) is 5.73. The summed E-state index contributed by atoms with van der Waals surface area (Å²) >= 11 is 5.92. The minimum Gasteiger partial charge on any atom is -0.469 e. The van der Waals surface area contributed by atoms with Gasteiger partial charge in [0.05, 0.1) is 6.26 Å². The van der Waals surface area contributed by atoms with E-state index >= 15 is 0 Å². The molecule has 2 rings (SSSR count). The lowest BCUT2D eigenvalue weighted by molar-refractivity contribution is -0.0504. The number of furan rings is 1. The molecule has 0 radical (unpaired) electrons. The molecular weight excluding hydrogens is 340 g/mol. The molecule has 130 valence electrons. The summed E-state index contributed by atoms with van der Waals surface area (Å²) in [6, 6.07) is 8.20. The van der Waals surface area contributed by atoms with Crippen molar-refractivity contribution in [2.24, 2.45) is 4.99 Å². The number of hydrogen-bond donors (Lipinski definition) is 2. The van der Waals surface area contributed by atoms with E-state index in [-0.39, 0.29) is 12.3 Å². The third-order valence-corrected chi connectivity index (χ3v) is 3.39. The third-order valence-electron chi connectivity index (χ3n) is 3.15. The van der Waals surface area contributed by atoms with Crippen LogP contribution >= 0.6 is 11.6 Å². The molecule has 0 aliphatic heterocycles. The largest absolute Gasteiger partial charge is 0.469 e. The van der Waals surface area contributed by atoms with Gasteiger partial charge in [0.15, 0.2) is 5.96 Å². The molecular formula is C16H18ClF2N3O2.